The number of carbonyl (C=O) groups is 2. The molecule has 0 spiro atoms. The predicted octanol–water partition coefficient (Wildman–Crippen LogP) is -0.200. The van der Waals surface area contributed by atoms with Crippen LogP contribution < -0.4 is 5.73 Å². The first-order chi connectivity index (χ1) is 14.0. The fraction of sp³-hybridized carbons (Fsp3) is 0.350. The Kier molecular flexibility index (Phi) is 3.43. The van der Waals surface area contributed by atoms with Crippen LogP contribution in [0, 0.1) is 5.92 Å². The van der Waals surface area contributed by atoms with E-state index in [1.54, 1.807) is 6.07 Å². The highest BCUT2D eigenvalue weighted by atomic mass is 16.5. The Balaban J connectivity index is 1.88. The zero-order chi connectivity index (χ0) is 21.7. The Morgan fingerprint density at radius 1 is 1.30 bits per heavy atom. The van der Waals surface area contributed by atoms with Crippen molar-refractivity contribution >= 4 is 11.7 Å². The van der Waals surface area contributed by atoms with E-state index in [4.69, 9.17) is 10.3 Å². The lowest BCUT2D eigenvalue weighted by Crippen LogP contribution is -2.58. The minimum Gasteiger partial charge on any atom is -0.508 e. The van der Waals surface area contributed by atoms with E-state index in [2.05, 4.69) is 5.16 Å². The number of benzene rings is 1. The molecular formula is C20H18N2O8. The molecule has 7 N–H and O–H groups in total. The smallest absolute Gasteiger partial charge is 0.255 e. The van der Waals surface area contributed by atoms with Crippen LogP contribution in [0.1, 0.15) is 36.1 Å². The van der Waals surface area contributed by atoms with Gasteiger partial charge in [-0.05, 0) is 18.6 Å². The van der Waals surface area contributed by atoms with Gasteiger partial charge in [-0.15, -0.1) is 0 Å². The van der Waals surface area contributed by atoms with Crippen LogP contribution in [-0.2, 0) is 20.8 Å². The third kappa shape index (κ3) is 1.91. The van der Waals surface area contributed by atoms with Crippen molar-refractivity contribution in [2.24, 2.45) is 11.7 Å². The lowest BCUT2D eigenvalue weighted by molar-refractivity contribution is -0.154. The first-order valence-corrected chi connectivity index (χ1v) is 9.25. The molecule has 0 unspecified atom stereocenters. The number of hydrogen-bond donors (Lipinski definition) is 6. The number of aromatic nitrogens is 1. The van der Waals surface area contributed by atoms with Gasteiger partial charge in [0, 0.05) is 23.8 Å². The number of aromatic hydroxyl groups is 1. The third-order valence-corrected chi connectivity index (χ3v) is 6.63. The van der Waals surface area contributed by atoms with Gasteiger partial charge in [-0.25, -0.2) is 0 Å². The van der Waals surface area contributed by atoms with E-state index in [9.17, 15) is 35.1 Å². The summed E-state index contributed by atoms with van der Waals surface area (Å²) in [4.78, 5) is 24.2. The number of carbonyl (C=O) groups excluding carboxylic acids is 2. The fourth-order valence-corrected chi connectivity index (χ4v) is 5.28. The molecule has 0 fully saturated rings. The highest BCUT2D eigenvalue weighted by Crippen LogP contribution is 2.62. The molecule has 0 bridgehead atoms. The summed E-state index contributed by atoms with van der Waals surface area (Å²) in [5, 5.41) is 59.1. The van der Waals surface area contributed by atoms with Gasteiger partial charge in [0.2, 0.25) is 0 Å². The number of hydrogen-bond acceptors (Lipinski definition) is 9. The molecule has 1 heterocycles. The lowest BCUT2D eigenvalue weighted by Gasteiger charge is -2.51. The Labute approximate surface area is 168 Å². The van der Waals surface area contributed by atoms with Gasteiger partial charge >= 0.3 is 0 Å². The highest BCUT2D eigenvalue weighted by Gasteiger charge is 2.65. The van der Waals surface area contributed by atoms with Gasteiger partial charge in [0.25, 0.3) is 5.91 Å². The number of nitrogens with zero attached hydrogens (tertiary/aromatic N) is 1. The molecule has 3 aliphatic carbocycles. The molecule has 0 saturated heterocycles. The monoisotopic (exact) mass is 414 g/mol. The number of fused-ring (bicyclic) bond motifs is 4. The van der Waals surface area contributed by atoms with Crippen molar-refractivity contribution in [2.75, 3.05) is 0 Å². The Morgan fingerprint density at radius 2 is 2.00 bits per heavy atom. The van der Waals surface area contributed by atoms with E-state index in [0.29, 0.717) is 0 Å². The number of nitrogens with two attached hydrogens (primary N) is 1. The van der Waals surface area contributed by atoms with Crippen LogP contribution in [0.4, 0.5) is 0 Å². The molecule has 5 rings (SSSR count). The third-order valence-electron chi connectivity index (χ3n) is 6.63. The van der Waals surface area contributed by atoms with Crippen molar-refractivity contribution in [3.8, 4) is 17.0 Å². The van der Waals surface area contributed by atoms with Crippen LogP contribution in [0.15, 0.2) is 34.1 Å². The summed E-state index contributed by atoms with van der Waals surface area (Å²) in [6.07, 6.45) is -2.05. The quantitative estimate of drug-likeness (QED) is 0.343. The number of phenols is 1. The van der Waals surface area contributed by atoms with Gasteiger partial charge in [-0.2, -0.15) is 0 Å². The summed E-state index contributed by atoms with van der Waals surface area (Å²) in [5.74, 6) is -6.07. The van der Waals surface area contributed by atoms with Crippen LogP contribution in [0.2, 0.25) is 0 Å². The SMILES string of the molecule is C[C@@]1(O)c2cccc(O)c2-c2noc3c2[C@@H]1[C@H](O)[C@H]1CC(=O)C(C(N)=O)=C(O)[C@@]31O. The number of Topliss-reactive ketones (excluding diaryl/α,β-unsaturated/α-hetero) is 1. The molecule has 1 aromatic carbocycles. The molecule has 10 heteroatoms. The van der Waals surface area contributed by atoms with Gasteiger partial charge in [0.05, 0.1) is 17.3 Å². The molecule has 2 aromatic rings. The summed E-state index contributed by atoms with van der Waals surface area (Å²) in [6, 6.07) is 4.47. The van der Waals surface area contributed by atoms with E-state index in [-0.39, 0.29) is 33.9 Å². The number of primary amides is 1. The van der Waals surface area contributed by atoms with Gasteiger partial charge < -0.3 is 35.8 Å². The largest absolute Gasteiger partial charge is 0.508 e. The summed E-state index contributed by atoms with van der Waals surface area (Å²) in [6.45, 7) is 1.43. The average Bonchev–Trinajstić information content (AvgIpc) is 3.08. The number of rotatable bonds is 1. The van der Waals surface area contributed by atoms with E-state index in [1.165, 1.54) is 19.1 Å². The molecule has 0 aliphatic heterocycles. The van der Waals surface area contributed by atoms with Crippen molar-refractivity contribution in [2.45, 2.75) is 36.6 Å². The maximum atomic E-state index is 12.4. The summed E-state index contributed by atoms with van der Waals surface area (Å²) in [7, 11) is 0. The van der Waals surface area contributed by atoms with Crippen LogP contribution in [-0.4, -0.2) is 48.5 Å². The van der Waals surface area contributed by atoms with Crippen molar-refractivity contribution < 1.29 is 39.6 Å². The van der Waals surface area contributed by atoms with Crippen LogP contribution in [0.5, 0.6) is 5.75 Å². The Bertz CT molecular complexity index is 1180. The summed E-state index contributed by atoms with van der Waals surface area (Å²) < 4.78 is 5.36. The maximum Gasteiger partial charge on any atom is 0.255 e. The van der Waals surface area contributed by atoms with E-state index in [0.717, 1.165) is 0 Å². The number of phenolic OH excluding ortho intramolecular Hbond substituents is 1. The second kappa shape index (κ2) is 5.48. The standard InChI is InChI=1S/C20H18N2O8/c1-19(28)6-3-2-4-8(23)10(6)14-12-13(19)15(25)7-5-9(24)11(18(21)27)16(26)20(7,29)17(12)30-22-14/h2-4,7,13,15,23,25-26,28-29H,5H2,1H3,(H2,21,27)/t7-,13-,15-,19-,20-/m1/s1. The number of aliphatic hydroxyl groups excluding tert-OH is 2. The number of amides is 1. The summed E-state index contributed by atoms with van der Waals surface area (Å²) in [5.41, 5.74) is 0.806. The highest BCUT2D eigenvalue weighted by molar-refractivity contribution is 6.20. The minimum absolute atomic E-state index is 0.0740. The zero-order valence-corrected chi connectivity index (χ0v) is 15.7. The average molecular weight is 414 g/mol. The van der Waals surface area contributed by atoms with Crippen LogP contribution in [0.25, 0.3) is 11.3 Å². The molecule has 5 atom stereocenters. The molecular weight excluding hydrogens is 396 g/mol. The minimum atomic E-state index is -2.47. The molecule has 0 saturated carbocycles. The fourth-order valence-electron chi connectivity index (χ4n) is 5.28. The normalized spacial score (nSPS) is 34.3. The van der Waals surface area contributed by atoms with Gasteiger partial charge in [-0.3, -0.25) is 9.59 Å². The predicted molar refractivity (Wildman–Crippen MR) is 97.8 cm³/mol. The van der Waals surface area contributed by atoms with Gasteiger partial charge in [0.1, 0.15) is 22.8 Å². The van der Waals surface area contributed by atoms with E-state index < -0.39 is 58.6 Å². The lowest BCUT2D eigenvalue weighted by atomic mass is 9.56. The molecule has 156 valence electrons. The van der Waals surface area contributed by atoms with E-state index in [1.807, 2.05) is 0 Å². The maximum absolute atomic E-state index is 12.4. The first kappa shape index (κ1) is 18.8. The van der Waals surface area contributed by atoms with Gasteiger partial charge in [0.15, 0.2) is 17.1 Å². The Hall–Kier alpha value is -3.21. The molecule has 1 aromatic heterocycles. The zero-order valence-electron chi connectivity index (χ0n) is 15.7. The second-order valence-electron chi connectivity index (χ2n) is 8.18. The molecule has 1 amide bonds. The Morgan fingerprint density at radius 3 is 2.67 bits per heavy atom. The van der Waals surface area contributed by atoms with Crippen molar-refractivity contribution in [1.29, 1.82) is 0 Å². The van der Waals surface area contributed by atoms with Crippen molar-refractivity contribution in [3.63, 3.8) is 0 Å². The first-order valence-electron chi connectivity index (χ1n) is 9.25. The molecule has 30 heavy (non-hydrogen) atoms. The number of ketones is 1. The van der Waals surface area contributed by atoms with Crippen molar-refractivity contribution in [3.05, 3.63) is 46.4 Å². The number of aliphatic hydroxyl groups is 4. The van der Waals surface area contributed by atoms with Crippen LogP contribution >= 0.6 is 0 Å². The molecule has 10 nitrogen and oxygen atoms in total. The summed E-state index contributed by atoms with van der Waals surface area (Å²) >= 11 is 0. The van der Waals surface area contributed by atoms with Crippen LogP contribution in [0.3, 0.4) is 0 Å². The second-order valence-corrected chi connectivity index (χ2v) is 8.18. The van der Waals surface area contributed by atoms with Crippen molar-refractivity contribution in [1.82, 2.24) is 5.16 Å². The molecule has 0 radical (unpaired) electrons. The topological polar surface area (TPSA) is 187 Å². The molecule has 3 aliphatic rings. The van der Waals surface area contributed by atoms with Gasteiger partial charge in [-0.1, -0.05) is 17.3 Å². The van der Waals surface area contributed by atoms with E-state index >= 15 is 0 Å².